The van der Waals surface area contributed by atoms with Gasteiger partial charge in [0.05, 0.1) is 53.6 Å². The summed E-state index contributed by atoms with van der Waals surface area (Å²) in [5.41, 5.74) is 15.3. The maximum absolute atomic E-state index is 4.64. The van der Waals surface area contributed by atoms with E-state index in [1.807, 2.05) is 76.1 Å². The molecule has 0 radical (unpaired) electrons. The number of imidazole rings is 1. The van der Waals surface area contributed by atoms with Crippen LogP contribution in [0.25, 0.3) is 0 Å². The van der Waals surface area contributed by atoms with E-state index in [4.69, 9.17) is 0 Å². The molecular weight excluding hydrogens is 1740 g/mol. The highest BCUT2D eigenvalue weighted by Crippen LogP contribution is 2.30. The van der Waals surface area contributed by atoms with Crippen LogP contribution in [0.15, 0.2) is 129 Å². The summed E-state index contributed by atoms with van der Waals surface area (Å²) in [6.07, 6.45) is 24.1. The van der Waals surface area contributed by atoms with Gasteiger partial charge in [-0.05, 0) is 250 Å². The van der Waals surface area contributed by atoms with Gasteiger partial charge in [0.15, 0.2) is 11.6 Å². The molecule has 0 bridgehead atoms. The highest BCUT2D eigenvalue weighted by Gasteiger charge is 2.22. The first-order valence-corrected chi connectivity index (χ1v) is 52.4. The zero-order valence-electron chi connectivity index (χ0n) is 97.3. The van der Waals surface area contributed by atoms with Crippen molar-refractivity contribution in [2.45, 2.75) is 501 Å². The number of rotatable bonds is 20. The molecule has 0 amide bonds. The zero-order chi connectivity index (χ0) is 107. The van der Waals surface area contributed by atoms with Gasteiger partial charge in [-0.2, -0.15) is 39.5 Å². The van der Waals surface area contributed by atoms with Crippen molar-refractivity contribution in [1.82, 2.24) is 123 Å². The van der Waals surface area contributed by atoms with Crippen molar-refractivity contribution in [3.63, 3.8) is 0 Å². The standard InChI is InChI=1S/C13H21N.2C12H19N.C10H17N.3C9H16N2.3C8H15N3.C8H14N2S.C7H14N4/c1-12(2,3)10-7-8-14-11(9-10)13(4,5)6;1-9(2)11-7-6-10(8-13-11)12(3,4)5;1-9(2)10-7-6-8-11(13-10)12(3,4)5;1-8(2)10-5-6-11(7-10)9(3)4;1-7(2)9-5-11(6-10-9)8(3)4;1-7(2)9-5-10-11(6-9)8(3)4;1-7(2)9-5-6-11(10-9)8(3)4;1-6(2)8-9-5-11(10-8)7(3)4;1-6(2)8-5-11(7(3)4)10-9-8;1-6(2)8-5-9-11(10-8)7(3)4;1-5(2)7-9-8(6(3)4)11-10-7;1-5(2)7-8-10-11(9-7)6(3)4/h7-9H,1-6H3;2*6-9H,1-5H3;5-9H,1-4H3;3*5-8H,1-4H3;3*5-7H,1-4H3;2*5-6H,1-4H3. The van der Waals surface area contributed by atoms with Crippen molar-refractivity contribution >= 4 is 11.5 Å². The van der Waals surface area contributed by atoms with Crippen molar-refractivity contribution in [2.75, 3.05) is 0 Å². The van der Waals surface area contributed by atoms with E-state index in [0.717, 1.165) is 33.9 Å². The molecule has 0 aliphatic carbocycles. The minimum atomic E-state index is 0.140. The molecule has 0 aliphatic rings. The smallest absolute Gasteiger partial charge is 0.177 e. The van der Waals surface area contributed by atoms with Crippen LogP contribution in [0.2, 0.25) is 0 Å². The summed E-state index contributed by atoms with van der Waals surface area (Å²) in [5.74, 6) is 8.79. The lowest BCUT2D eigenvalue weighted by molar-refractivity contribution is 0.452. The Balaban J connectivity index is 0.000000759. The van der Waals surface area contributed by atoms with E-state index in [1.165, 1.54) is 67.9 Å². The molecule has 0 spiro atoms. The number of hydrogen-bond donors (Lipinski definition) is 0. The molecule has 26 heteroatoms. The van der Waals surface area contributed by atoms with Crippen LogP contribution in [0.4, 0.5) is 0 Å². The fraction of sp³-hybridized carbons (Fsp3) is 0.673. The Morgan fingerprint density at radius 1 is 0.273 bits per heavy atom. The Kier molecular flexibility index (Phi) is 55.6. The van der Waals surface area contributed by atoms with E-state index in [2.05, 4.69) is 520 Å². The third-order valence-corrected chi connectivity index (χ3v) is 22.9. The van der Waals surface area contributed by atoms with Gasteiger partial charge >= 0.3 is 0 Å². The molecule has 0 fully saturated rings. The Morgan fingerprint density at radius 3 is 1.10 bits per heavy atom. The lowest BCUT2D eigenvalue weighted by atomic mass is 9.84. The summed E-state index contributed by atoms with van der Waals surface area (Å²) < 4.78 is 16.4. The first-order chi connectivity index (χ1) is 64.0. The molecule has 139 heavy (non-hydrogen) atoms. The van der Waals surface area contributed by atoms with Crippen LogP contribution < -0.4 is 0 Å². The van der Waals surface area contributed by atoms with Gasteiger partial charge in [0, 0.05) is 143 Å². The quantitative estimate of drug-likeness (QED) is 0.0687. The zero-order valence-corrected chi connectivity index (χ0v) is 98.1. The van der Waals surface area contributed by atoms with Gasteiger partial charge in [-0.1, -0.05) is 267 Å². The lowest BCUT2D eigenvalue weighted by Crippen LogP contribution is -2.17. The van der Waals surface area contributed by atoms with Crippen LogP contribution in [-0.2, 0) is 21.7 Å². The number of hydrogen-bond acceptors (Lipinski definition) is 18. The van der Waals surface area contributed by atoms with E-state index in [9.17, 15) is 0 Å². The maximum Gasteiger partial charge on any atom is 0.177 e. The van der Waals surface area contributed by atoms with Gasteiger partial charge < -0.3 is 9.13 Å². The summed E-state index contributed by atoms with van der Waals surface area (Å²) in [4.78, 5) is 29.8. The first kappa shape index (κ1) is 127. The van der Waals surface area contributed by atoms with E-state index >= 15 is 0 Å². The molecule has 0 unspecified atom stereocenters. The van der Waals surface area contributed by atoms with Crippen LogP contribution in [0.3, 0.4) is 0 Å². The molecule has 0 atom stereocenters. The van der Waals surface area contributed by atoms with E-state index < -0.39 is 0 Å². The fourth-order valence-electron chi connectivity index (χ4n) is 11.4. The van der Waals surface area contributed by atoms with Crippen LogP contribution in [0.1, 0.15) is 570 Å². The highest BCUT2D eigenvalue weighted by atomic mass is 32.1. The molecule has 0 aromatic carbocycles. The van der Waals surface area contributed by atoms with Gasteiger partial charge in [-0.3, -0.25) is 29.0 Å². The van der Waals surface area contributed by atoms with Crippen molar-refractivity contribution in [3.8, 4) is 0 Å². The summed E-state index contributed by atoms with van der Waals surface area (Å²) in [5, 5.41) is 42.7. The molecule has 12 aromatic rings. The van der Waals surface area contributed by atoms with Crippen molar-refractivity contribution in [3.05, 3.63) is 220 Å². The highest BCUT2D eigenvalue weighted by molar-refractivity contribution is 7.05. The fourth-order valence-corrected chi connectivity index (χ4v) is 12.2. The summed E-state index contributed by atoms with van der Waals surface area (Å²) >= 11 is 1.52. The van der Waals surface area contributed by atoms with Gasteiger partial charge in [-0.15, -0.1) is 15.3 Å². The minimum Gasteiger partial charge on any atom is -0.352 e. The first-order valence-electron chi connectivity index (χ1n) is 51.6. The SMILES string of the molecule is CC(C)(C)c1ccnc(C(C)(C)C)c1.CC(C)c1ccc(C(C)(C)C)cn1.CC(C)c1cccc(C(C)(C)C)n1.CC(C)c1ccn(C(C)C)c1.CC(C)c1ccn(C(C)C)n1.CC(C)c1cn(C(C)C)cn1.CC(C)c1cn(C(C)C)nn1.CC(C)c1cnn(C(C)C)c1.CC(C)c1cnn(C(C)C)n1.CC(C)c1ncn(C(C)C)n1.CC(C)c1nnn(C(C)C)n1.CC(C)c1nsc(C(C)C)n1. The Morgan fingerprint density at radius 2 is 0.791 bits per heavy atom. The third-order valence-electron chi connectivity index (χ3n) is 21.8. The van der Waals surface area contributed by atoms with Gasteiger partial charge in [0.25, 0.3) is 0 Å². The number of nitrogens with zero attached hydrogens (tertiary/aromatic N) is 25. The average molecular weight is 1940 g/mol. The molecule has 12 heterocycles. The van der Waals surface area contributed by atoms with E-state index in [1.54, 1.807) is 15.9 Å². The molecule has 0 N–H and O–H groups in total. The van der Waals surface area contributed by atoms with Gasteiger partial charge in [0.1, 0.15) is 17.2 Å². The molecule has 0 saturated carbocycles. The molecule has 25 nitrogen and oxygen atoms in total. The predicted octanol–water partition coefficient (Wildman–Crippen LogP) is 31.7. The Labute approximate surface area is 849 Å². The monoisotopic (exact) mass is 1940 g/mol. The van der Waals surface area contributed by atoms with Crippen LogP contribution in [0.5, 0.6) is 0 Å². The molecule has 780 valence electrons. The van der Waals surface area contributed by atoms with E-state index in [0.29, 0.717) is 119 Å². The second-order valence-electron chi connectivity index (χ2n) is 46.3. The van der Waals surface area contributed by atoms with Crippen LogP contribution in [-0.4, -0.2) is 123 Å². The second kappa shape index (κ2) is 60.6. The van der Waals surface area contributed by atoms with Crippen molar-refractivity contribution in [1.29, 1.82) is 0 Å². The van der Waals surface area contributed by atoms with E-state index in [-0.39, 0.29) is 21.7 Å². The topological polar surface area (TPSA) is 259 Å². The summed E-state index contributed by atoms with van der Waals surface area (Å²) in [6.45, 7) is 112. The number of pyridine rings is 3. The largest absolute Gasteiger partial charge is 0.352 e. The molecule has 0 saturated heterocycles. The maximum atomic E-state index is 4.64. The lowest BCUT2D eigenvalue weighted by Gasteiger charge is -2.23. The average Bonchev–Trinajstić information content (AvgIpc) is 1.79. The number of tetrazole rings is 1. The normalized spacial score (nSPS) is 11.7. The molecular formula is C113H197N25S. The predicted molar refractivity (Wildman–Crippen MR) is 589 cm³/mol. The van der Waals surface area contributed by atoms with Gasteiger partial charge in [0.2, 0.25) is 0 Å². The van der Waals surface area contributed by atoms with Crippen LogP contribution in [0, 0.1) is 0 Å². The Hall–Kier alpha value is -9.59. The molecule has 12 rings (SSSR count). The Bertz CT molecular complexity index is 4240. The minimum absolute atomic E-state index is 0.140. The molecule has 0 aliphatic heterocycles. The van der Waals surface area contributed by atoms with Gasteiger partial charge in [-0.25, -0.2) is 19.6 Å². The van der Waals surface area contributed by atoms with Crippen molar-refractivity contribution in [2.24, 2.45) is 0 Å². The van der Waals surface area contributed by atoms with Crippen molar-refractivity contribution < 1.29 is 0 Å². The van der Waals surface area contributed by atoms with Crippen LogP contribution >= 0.6 is 11.5 Å². The third kappa shape index (κ3) is 48.6. The second-order valence-corrected chi connectivity index (χ2v) is 47.1. The molecule has 12 aromatic heterocycles. The number of aromatic nitrogens is 25. The summed E-state index contributed by atoms with van der Waals surface area (Å²) in [7, 11) is 0. The summed E-state index contributed by atoms with van der Waals surface area (Å²) in [6, 6.07) is 22.8.